The summed E-state index contributed by atoms with van der Waals surface area (Å²) in [5.74, 6) is 0.940. The van der Waals surface area contributed by atoms with Crippen LogP contribution in [0.5, 0.6) is 5.75 Å². The highest BCUT2D eigenvalue weighted by atomic mass is 32.2. The van der Waals surface area contributed by atoms with Crippen molar-refractivity contribution in [2.45, 2.75) is 17.3 Å². The third kappa shape index (κ3) is 2.84. The molecule has 0 spiro atoms. The highest BCUT2D eigenvalue weighted by molar-refractivity contribution is 7.98. The molecule has 4 rings (SSSR count). The molecule has 0 radical (unpaired) electrons. The highest BCUT2D eigenvalue weighted by Crippen LogP contribution is 2.40. The van der Waals surface area contributed by atoms with Crippen LogP contribution in [0.2, 0.25) is 0 Å². The van der Waals surface area contributed by atoms with E-state index < -0.39 is 6.10 Å². The quantitative estimate of drug-likeness (QED) is 0.513. The molecule has 1 fully saturated rings. The van der Waals surface area contributed by atoms with Crippen LogP contribution in [0, 0.1) is 0 Å². The van der Waals surface area contributed by atoms with E-state index in [1.54, 1.807) is 9.58 Å². The fraction of sp³-hybridized carbons (Fsp3) is 0.211. The van der Waals surface area contributed by atoms with Gasteiger partial charge < -0.3 is 4.74 Å². The molecule has 0 bridgehead atoms. The molecule has 7 heteroatoms. The van der Waals surface area contributed by atoms with Crippen molar-refractivity contribution in [3.63, 3.8) is 0 Å². The minimum absolute atomic E-state index is 0.138. The van der Waals surface area contributed by atoms with E-state index in [2.05, 4.69) is 10.1 Å². The third-order valence-electron chi connectivity index (χ3n) is 4.30. The van der Waals surface area contributed by atoms with Crippen molar-refractivity contribution >= 4 is 23.6 Å². The maximum Gasteiger partial charge on any atom is 0.273 e. The minimum atomic E-state index is -0.596. The first-order valence-corrected chi connectivity index (χ1v) is 9.46. The number of aryl methyl sites for hydroxylation is 1. The van der Waals surface area contributed by atoms with Crippen molar-refractivity contribution in [3.8, 4) is 5.75 Å². The lowest BCUT2D eigenvalue weighted by Crippen LogP contribution is -2.62. The van der Waals surface area contributed by atoms with Gasteiger partial charge in [0.15, 0.2) is 5.16 Å². The Morgan fingerprint density at radius 2 is 1.69 bits per heavy atom. The number of nitrogens with zero attached hydrogens (tertiary/aromatic N) is 4. The number of carbonyl (C=O) groups is 1. The average Bonchev–Trinajstić information content (AvgIpc) is 3.05. The van der Waals surface area contributed by atoms with Crippen LogP contribution in [-0.4, -0.2) is 33.0 Å². The van der Waals surface area contributed by atoms with E-state index in [1.165, 1.54) is 11.8 Å². The van der Waals surface area contributed by atoms with Crippen molar-refractivity contribution in [1.29, 1.82) is 0 Å². The van der Waals surface area contributed by atoms with Crippen molar-refractivity contribution in [1.82, 2.24) is 14.8 Å². The molecule has 2 heterocycles. The van der Waals surface area contributed by atoms with Crippen molar-refractivity contribution in [2.24, 2.45) is 7.05 Å². The molecule has 2 atom stereocenters. The molecule has 1 aromatic heterocycles. The Kier molecular flexibility index (Phi) is 4.38. The Balaban J connectivity index is 1.68. The molecule has 1 saturated heterocycles. The van der Waals surface area contributed by atoms with Gasteiger partial charge in [-0.1, -0.05) is 60.3 Å². The molecule has 0 saturated carbocycles. The van der Waals surface area contributed by atoms with Gasteiger partial charge >= 0.3 is 0 Å². The molecule has 2 aromatic carbocycles. The Labute approximate surface area is 155 Å². The summed E-state index contributed by atoms with van der Waals surface area (Å²) >= 11 is 1.49. The number of aromatic nitrogens is 3. The van der Waals surface area contributed by atoms with E-state index >= 15 is 0 Å². The summed E-state index contributed by atoms with van der Waals surface area (Å²) in [6.45, 7) is 0. The molecule has 3 aromatic rings. The number of ether oxygens (including phenoxy) is 1. The maximum absolute atomic E-state index is 12.9. The monoisotopic (exact) mass is 366 g/mol. The summed E-state index contributed by atoms with van der Waals surface area (Å²) in [6.07, 6.45) is 1.34. The molecule has 0 unspecified atom stereocenters. The first-order chi connectivity index (χ1) is 12.7. The Hall–Kier alpha value is -2.80. The van der Waals surface area contributed by atoms with Crippen LogP contribution in [0.25, 0.3) is 0 Å². The molecule has 132 valence electrons. The highest BCUT2D eigenvalue weighted by Gasteiger charge is 2.52. The van der Waals surface area contributed by atoms with Gasteiger partial charge in [-0.15, -0.1) is 5.10 Å². The molecular weight excluding hydrogens is 348 g/mol. The van der Waals surface area contributed by atoms with Gasteiger partial charge in [0, 0.05) is 7.05 Å². The lowest BCUT2D eigenvalue weighted by Gasteiger charge is -2.44. The molecule has 6 nitrogen and oxygen atoms in total. The number of hydrogen-bond donors (Lipinski definition) is 0. The van der Waals surface area contributed by atoms with E-state index in [0.717, 1.165) is 10.7 Å². The van der Waals surface area contributed by atoms with Gasteiger partial charge in [0.05, 0.1) is 0 Å². The number of anilines is 1. The predicted molar refractivity (Wildman–Crippen MR) is 100 cm³/mol. The molecular formula is C19H18N4O2S. The molecule has 1 aliphatic heterocycles. The van der Waals surface area contributed by atoms with Crippen LogP contribution in [0.1, 0.15) is 11.6 Å². The number of amides is 1. The third-order valence-corrected chi connectivity index (χ3v) is 5.02. The second-order valence-corrected chi connectivity index (χ2v) is 6.71. The fourth-order valence-corrected chi connectivity index (χ4v) is 3.54. The number of rotatable bonds is 5. The van der Waals surface area contributed by atoms with Gasteiger partial charge in [-0.3, -0.25) is 9.69 Å². The Morgan fingerprint density at radius 1 is 1.04 bits per heavy atom. The van der Waals surface area contributed by atoms with Crippen LogP contribution in [0.3, 0.4) is 0 Å². The molecule has 1 aliphatic rings. The topological polar surface area (TPSA) is 60.3 Å². The van der Waals surface area contributed by atoms with Crippen molar-refractivity contribution in [3.05, 3.63) is 66.2 Å². The zero-order valence-electron chi connectivity index (χ0n) is 14.4. The maximum atomic E-state index is 12.9. The Bertz CT molecular complexity index is 914. The summed E-state index contributed by atoms with van der Waals surface area (Å²) in [7, 11) is 1.82. The van der Waals surface area contributed by atoms with E-state index in [4.69, 9.17) is 4.74 Å². The minimum Gasteiger partial charge on any atom is -0.478 e. The van der Waals surface area contributed by atoms with Crippen molar-refractivity contribution in [2.75, 3.05) is 11.2 Å². The smallest absolute Gasteiger partial charge is 0.273 e. The number of thioether (sulfide) groups is 1. The van der Waals surface area contributed by atoms with Gasteiger partial charge in [0.25, 0.3) is 11.9 Å². The van der Waals surface area contributed by atoms with Gasteiger partial charge in [0.1, 0.15) is 11.8 Å². The molecule has 0 aliphatic carbocycles. The summed E-state index contributed by atoms with van der Waals surface area (Å²) < 4.78 is 7.67. The molecule has 0 N–H and O–H groups in total. The number of para-hydroxylation sites is 1. The Morgan fingerprint density at radius 3 is 2.31 bits per heavy atom. The summed E-state index contributed by atoms with van der Waals surface area (Å²) in [5, 5.41) is 5.16. The van der Waals surface area contributed by atoms with Crippen molar-refractivity contribution < 1.29 is 9.53 Å². The van der Waals surface area contributed by atoms with E-state index in [9.17, 15) is 4.79 Å². The summed E-state index contributed by atoms with van der Waals surface area (Å²) in [6, 6.07) is 19.0. The fourth-order valence-electron chi connectivity index (χ4n) is 3.06. The van der Waals surface area contributed by atoms with Crippen LogP contribution in [0.15, 0.2) is 65.8 Å². The lowest BCUT2D eigenvalue weighted by molar-refractivity contribution is -0.135. The standard InChI is InChI=1S/C19H18N4O2S/c1-22-19(26-2)20-18(21-22)23-15(13-9-5-3-6-10-13)16(17(23)24)25-14-11-7-4-8-12-14/h3-12,15-16H,1-2H3/t15-,16+/m0/s1. The first-order valence-electron chi connectivity index (χ1n) is 8.24. The number of hydrogen-bond acceptors (Lipinski definition) is 5. The van der Waals surface area contributed by atoms with Crippen LogP contribution < -0.4 is 9.64 Å². The van der Waals surface area contributed by atoms with E-state index in [0.29, 0.717) is 11.7 Å². The lowest BCUT2D eigenvalue weighted by atomic mass is 9.91. The van der Waals surface area contributed by atoms with Crippen LogP contribution in [0.4, 0.5) is 5.95 Å². The number of carbonyl (C=O) groups excluding carboxylic acids is 1. The number of β-lactam (4-membered cyclic amide) rings is 1. The zero-order chi connectivity index (χ0) is 18.1. The van der Waals surface area contributed by atoms with E-state index in [1.807, 2.05) is 74.0 Å². The summed E-state index contributed by atoms with van der Waals surface area (Å²) in [5.41, 5.74) is 0.992. The van der Waals surface area contributed by atoms with Gasteiger partial charge in [-0.2, -0.15) is 4.98 Å². The van der Waals surface area contributed by atoms with Crippen LogP contribution in [-0.2, 0) is 11.8 Å². The molecule has 26 heavy (non-hydrogen) atoms. The first kappa shape index (κ1) is 16.7. The average molecular weight is 366 g/mol. The summed E-state index contributed by atoms with van der Waals surface area (Å²) in [4.78, 5) is 19.0. The SMILES string of the molecule is CSc1nc(N2C(=O)[C@H](Oc3ccccc3)[C@@H]2c2ccccc2)nn1C. The second-order valence-electron chi connectivity index (χ2n) is 5.94. The molecule has 1 amide bonds. The largest absolute Gasteiger partial charge is 0.478 e. The van der Waals surface area contributed by atoms with Crippen LogP contribution >= 0.6 is 11.8 Å². The van der Waals surface area contributed by atoms with Gasteiger partial charge in [-0.25, -0.2) is 4.68 Å². The predicted octanol–water partition coefficient (Wildman–Crippen LogP) is 3.07. The van der Waals surface area contributed by atoms with Gasteiger partial charge in [-0.05, 0) is 24.0 Å². The second kappa shape index (κ2) is 6.84. The van der Waals surface area contributed by atoms with Gasteiger partial charge in [0.2, 0.25) is 6.10 Å². The number of benzene rings is 2. The zero-order valence-corrected chi connectivity index (χ0v) is 15.3. The van der Waals surface area contributed by atoms with E-state index in [-0.39, 0.29) is 11.9 Å². The normalized spacial score (nSPS) is 19.3.